The van der Waals surface area contributed by atoms with Crippen LogP contribution in [0.1, 0.15) is 5.56 Å². The Bertz CT molecular complexity index is 589. The molecule has 0 spiro atoms. The average molecular weight is 285 g/mol. The first-order valence-electron chi connectivity index (χ1n) is 5.25. The van der Waals surface area contributed by atoms with Gasteiger partial charge < -0.3 is 4.55 Å². The Hall–Kier alpha value is -1.66. The fourth-order valence-corrected chi connectivity index (χ4v) is 1.97. The second-order valence-corrected chi connectivity index (χ2v) is 4.78. The van der Waals surface area contributed by atoms with E-state index < -0.39 is 22.8 Å². The van der Waals surface area contributed by atoms with Gasteiger partial charge in [0.25, 0.3) is 0 Å². The van der Waals surface area contributed by atoms with Crippen molar-refractivity contribution in [3.63, 3.8) is 0 Å². The van der Waals surface area contributed by atoms with Crippen molar-refractivity contribution >= 4 is 11.1 Å². The minimum absolute atomic E-state index is 0.135. The molecule has 0 saturated heterocycles. The van der Waals surface area contributed by atoms with Crippen molar-refractivity contribution in [2.24, 2.45) is 0 Å². The van der Waals surface area contributed by atoms with Crippen LogP contribution in [0.4, 0.5) is 13.2 Å². The van der Waals surface area contributed by atoms with Crippen molar-refractivity contribution in [2.75, 3.05) is 0 Å². The first-order chi connectivity index (χ1) is 8.88. The van der Waals surface area contributed by atoms with Gasteiger partial charge in [-0.25, -0.2) is 0 Å². The molecule has 0 fully saturated rings. The summed E-state index contributed by atoms with van der Waals surface area (Å²) in [4.78, 5) is 0.135. The minimum Gasteiger partial charge on any atom is -0.768 e. The summed E-state index contributed by atoms with van der Waals surface area (Å²) in [6, 6.07) is 10.6. The Morgan fingerprint density at radius 1 is 0.842 bits per heavy atom. The topological polar surface area (TPSA) is 40.1 Å². The van der Waals surface area contributed by atoms with Crippen molar-refractivity contribution in [3.05, 3.63) is 54.1 Å². The molecule has 0 aromatic heterocycles. The van der Waals surface area contributed by atoms with Crippen LogP contribution in [0, 0.1) is 0 Å². The molecule has 100 valence electrons. The van der Waals surface area contributed by atoms with Crippen molar-refractivity contribution < 1.29 is 21.9 Å². The lowest BCUT2D eigenvalue weighted by Gasteiger charge is -2.09. The summed E-state index contributed by atoms with van der Waals surface area (Å²) in [6.45, 7) is 0. The number of rotatable bonds is 2. The molecule has 6 heteroatoms. The molecule has 1 atom stereocenters. The highest BCUT2D eigenvalue weighted by molar-refractivity contribution is 7.79. The van der Waals surface area contributed by atoms with E-state index in [2.05, 4.69) is 0 Å². The number of halogens is 3. The van der Waals surface area contributed by atoms with Crippen LogP contribution in [-0.4, -0.2) is 8.76 Å². The molecule has 2 rings (SSSR count). The van der Waals surface area contributed by atoms with Crippen molar-refractivity contribution in [1.29, 1.82) is 0 Å². The largest absolute Gasteiger partial charge is 0.768 e. The predicted octanol–water partition coefficient (Wildman–Crippen LogP) is 3.61. The SMILES string of the molecule is O=S([O-])c1ccc(-c2ccc(C(F)(F)F)cc2)cc1. The zero-order valence-corrected chi connectivity index (χ0v) is 10.3. The van der Waals surface area contributed by atoms with E-state index in [1.807, 2.05) is 0 Å². The molecule has 0 aliphatic heterocycles. The molecule has 0 amide bonds. The molecule has 19 heavy (non-hydrogen) atoms. The molecule has 0 heterocycles. The van der Waals surface area contributed by atoms with Gasteiger partial charge in [0.15, 0.2) is 0 Å². The van der Waals surface area contributed by atoms with E-state index >= 15 is 0 Å². The van der Waals surface area contributed by atoms with Gasteiger partial charge in [-0.05, 0) is 46.5 Å². The molecular formula is C13H8F3O2S-. The average Bonchev–Trinajstić information content (AvgIpc) is 2.38. The van der Waals surface area contributed by atoms with Crippen LogP contribution >= 0.6 is 0 Å². The van der Waals surface area contributed by atoms with Gasteiger partial charge in [0.1, 0.15) is 0 Å². The zero-order valence-electron chi connectivity index (χ0n) is 9.48. The number of hydrogen-bond donors (Lipinski definition) is 0. The number of benzene rings is 2. The summed E-state index contributed by atoms with van der Waals surface area (Å²) in [6.07, 6.45) is -4.36. The third-order valence-electron chi connectivity index (χ3n) is 2.59. The summed E-state index contributed by atoms with van der Waals surface area (Å²) < 4.78 is 58.5. The number of hydrogen-bond acceptors (Lipinski definition) is 2. The fraction of sp³-hybridized carbons (Fsp3) is 0.0769. The second kappa shape index (κ2) is 5.14. The van der Waals surface area contributed by atoms with Crippen LogP contribution in [-0.2, 0) is 17.3 Å². The Labute approximate surface area is 110 Å². The van der Waals surface area contributed by atoms with E-state index in [1.54, 1.807) is 12.1 Å². The number of alkyl halides is 3. The second-order valence-electron chi connectivity index (χ2n) is 3.83. The Kier molecular flexibility index (Phi) is 3.73. The quantitative estimate of drug-likeness (QED) is 0.791. The van der Waals surface area contributed by atoms with Gasteiger partial charge >= 0.3 is 6.18 Å². The maximum Gasteiger partial charge on any atom is 0.416 e. The van der Waals surface area contributed by atoms with Gasteiger partial charge in [0, 0.05) is 4.90 Å². The lowest BCUT2D eigenvalue weighted by molar-refractivity contribution is -0.137. The highest BCUT2D eigenvalue weighted by Gasteiger charge is 2.29. The zero-order chi connectivity index (χ0) is 14.0. The van der Waals surface area contributed by atoms with E-state index in [-0.39, 0.29) is 4.90 Å². The first kappa shape index (κ1) is 13.8. The van der Waals surface area contributed by atoms with Crippen LogP contribution < -0.4 is 0 Å². The van der Waals surface area contributed by atoms with Crippen LogP contribution in [0.15, 0.2) is 53.4 Å². The van der Waals surface area contributed by atoms with Gasteiger partial charge in [-0.3, -0.25) is 4.21 Å². The maximum absolute atomic E-state index is 12.4. The highest BCUT2D eigenvalue weighted by atomic mass is 32.2. The maximum atomic E-state index is 12.4. The van der Waals surface area contributed by atoms with Gasteiger partial charge in [-0.1, -0.05) is 24.3 Å². The summed E-state index contributed by atoms with van der Waals surface area (Å²) in [5, 5.41) is 0. The smallest absolute Gasteiger partial charge is 0.416 e. The Morgan fingerprint density at radius 3 is 1.63 bits per heavy atom. The summed E-state index contributed by atoms with van der Waals surface area (Å²) in [7, 11) is 0. The standard InChI is InChI=1S/C13H9F3O2S/c14-13(15,16)11-5-1-9(2-6-11)10-3-7-12(8-4-10)19(17)18/h1-8H,(H,17,18)/p-1. The molecule has 2 aromatic carbocycles. The van der Waals surface area contributed by atoms with E-state index in [1.165, 1.54) is 24.3 Å². The predicted molar refractivity (Wildman–Crippen MR) is 64.1 cm³/mol. The minimum atomic E-state index is -4.36. The van der Waals surface area contributed by atoms with Crippen molar-refractivity contribution in [1.82, 2.24) is 0 Å². The summed E-state index contributed by atoms with van der Waals surface area (Å²) in [5.74, 6) is 0. The Balaban J connectivity index is 2.30. The molecule has 1 unspecified atom stereocenters. The van der Waals surface area contributed by atoms with E-state index in [4.69, 9.17) is 0 Å². The molecule has 0 saturated carbocycles. The third kappa shape index (κ3) is 3.21. The highest BCUT2D eigenvalue weighted by Crippen LogP contribution is 2.31. The molecule has 0 aliphatic rings. The normalized spacial score (nSPS) is 13.3. The van der Waals surface area contributed by atoms with Crippen molar-refractivity contribution in [2.45, 2.75) is 11.1 Å². The van der Waals surface area contributed by atoms with Crippen molar-refractivity contribution in [3.8, 4) is 11.1 Å². The van der Waals surface area contributed by atoms with E-state index in [0.29, 0.717) is 11.1 Å². The third-order valence-corrected chi connectivity index (χ3v) is 3.25. The van der Waals surface area contributed by atoms with Crippen LogP contribution in [0.3, 0.4) is 0 Å². The van der Waals surface area contributed by atoms with Gasteiger partial charge in [-0.2, -0.15) is 13.2 Å². The van der Waals surface area contributed by atoms with Crippen LogP contribution in [0.25, 0.3) is 11.1 Å². The molecular weight excluding hydrogens is 277 g/mol. The molecule has 2 nitrogen and oxygen atoms in total. The lowest BCUT2D eigenvalue weighted by atomic mass is 10.0. The van der Waals surface area contributed by atoms with Crippen LogP contribution in [0.2, 0.25) is 0 Å². The monoisotopic (exact) mass is 285 g/mol. The van der Waals surface area contributed by atoms with E-state index in [0.717, 1.165) is 12.1 Å². The van der Waals surface area contributed by atoms with E-state index in [9.17, 15) is 21.9 Å². The van der Waals surface area contributed by atoms with Crippen LogP contribution in [0.5, 0.6) is 0 Å². The molecule has 0 aliphatic carbocycles. The summed E-state index contributed by atoms with van der Waals surface area (Å²) >= 11 is -2.31. The fourth-order valence-electron chi connectivity index (χ4n) is 1.61. The Morgan fingerprint density at radius 2 is 1.26 bits per heavy atom. The van der Waals surface area contributed by atoms with Gasteiger partial charge in [0.05, 0.1) is 5.56 Å². The van der Waals surface area contributed by atoms with Gasteiger partial charge in [0.2, 0.25) is 0 Å². The van der Waals surface area contributed by atoms with Gasteiger partial charge in [-0.15, -0.1) is 0 Å². The lowest BCUT2D eigenvalue weighted by Crippen LogP contribution is -2.03. The molecule has 0 N–H and O–H groups in total. The molecule has 0 radical (unpaired) electrons. The summed E-state index contributed by atoms with van der Waals surface area (Å²) in [5.41, 5.74) is 0.535. The molecule has 2 aromatic rings. The first-order valence-corrected chi connectivity index (χ1v) is 6.32. The molecule has 0 bridgehead atoms.